The second-order valence-electron chi connectivity index (χ2n) is 15.9. The molecule has 4 amide bonds. The number of carboxylic acid groups (broad SMARTS) is 1. The number of nitrogens with zero attached hydrogens (tertiary/aromatic N) is 4. The number of para-hydroxylation sites is 1. The quantitative estimate of drug-likeness (QED) is 0.0396. The highest BCUT2D eigenvalue weighted by Gasteiger charge is 2.42. The van der Waals surface area contributed by atoms with Crippen LogP contribution < -0.4 is 31.9 Å². The normalized spacial score (nSPS) is 16.0. The van der Waals surface area contributed by atoms with Gasteiger partial charge in [-0.05, 0) is 61.1 Å². The molecule has 1 unspecified atom stereocenters. The van der Waals surface area contributed by atoms with Crippen LogP contribution in [0.15, 0.2) is 79.1 Å². The minimum absolute atomic E-state index is 0.0430. The van der Waals surface area contributed by atoms with Crippen molar-refractivity contribution < 1.29 is 43.3 Å². The highest BCUT2D eigenvalue weighted by atomic mass is 32.1. The first-order valence-electron chi connectivity index (χ1n) is 22.0. The zero-order valence-electron chi connectivity index (χ0n) is 36.6. The SMILES string of the molecule is C=C1c2cccc(NCCOCCOCCOC/C(N)=C/NCCCc3sc(N4CCc5cccc(C(=O)Nc6nc7ccccc7s6)c5C4)nc3C(=O)O)c2C(=O)N1C1CCC(=O)NC1=O. The molecule has 5 aromatic rings. The van der Waals surface area contributed by atoms with Crippen molar-refractivity contribution in [1.29, 1.82) is 0 Å². The van der Waals surface area contributed by atoms with Crippen LogP contribution in [-0.4, -0.2) is 115 Å². The van der Waals surface area contributed by atoms with Crippen molar-refractivity contribution in [2.75, 3.05) is 74.8 Å². The summed E-state index contributed by atoms with van der Waals surface area (Å²) in [5, 5.41) is 22.8. The van der Waals surface area contributed by atoms with Gasteiger partial charge in [-0.3, -0.25) is 34.7 Å². The van der Waals surface area contributed by atoms with Crippen molar-refractivity contribution in [3.05, 3.63) is 118 Å². The molecule has 3 aromatic carbocycles. The first-order chi connectivity index (χ1) is 32.5. The number of aromatic carboxylic acids is 1. The number of aromatic nitrogens is 2. The summed E-state index contributed by atoms with van der Waals surface area (Å²) in [6.45, 7) is 8.08. The van der Waals surface area contributed by atoms with Gasteiger partial charge in [-0.25, -0.2) is 14.8 Å². The lowest BCUT2D eigenvalue weighted by atomic mass is 9.94. The smallest absolute Gasteiger partial charge is 0.355 e. The average Bonchev–Trinajstić information content (AvgIpc) is 4.01. The number of fused-ring (bicyclic) bond motifs is 3. The zero-order valence-corrected chi connectivity index (χ0v) is 38.3. The van der Waals surface area contributed by atoms with Gasteiger partial charge in [0.15, 0.2) is 16.0 Å². The molecule has 0 spiro atoms. The van der Waals surface area contributed by atoms with E-state index >= 15 is 0 Å². The van der Waals surface area contributed by atoms with Crippen LogP contribution >= 0.6 is 22.7 Å². The fourth-order valence-corrected chi connectivity index (χ4v) is 10.1. The average molecular weight is 950 g/mol. The number of nitrogens with two attached hydrogens (primary N) is 1. The molecule has 0 radical (unpaired) electrons. The highest BCUT2D eigenvalue weighted by Crippen LogP contribution is 2.39. The minimum atomic E-state index is -1.08. The van der Waals surface area contributed by atoms with Crippen molar-refractivity contribution >= 4 is 84.1 Å². The summed E-state index contributed by atoms with van der Waals surface area (Å²) in [6, 6.07) is 18.1. The molecular weight excluding hydrogens is 899 g/mol. The number of piperidine rings is 1. The number of carboxylic acids is 1. The van der Waals surface area contributed by atoms with Gasteiger partial charge in [0, 0.05) is 66.2 Å². The zero-order chi connectivity index (χ0) is 46.9. The Morgan fingerprint density at radius 1 is 0.940 bits per heavy atom. The first-order valence-corrected chi connectivity index (χ1v) is 23.6. The Morgan fingerprint density at radius 3 is 2.54 bits per heavy atom. The van der Waals surface area contributed by atoms with Gasteiger partial charge in [0.25, 0.3) is 11.8 Å². The van der Waals surface area contributed by atoms with Crippen LogP contribution in [0, 0.1) is 0 Å². The summed E-state index contributed by atoms with van der Waals surface area (Å²) in [4.78, 5) is 76.4. The van der Waals surface area contributed by atoms with Crippen molar-refractivity contribution in [3.63, 3.8) is 0 Å². The monoisotopic (exact) mass is 949 g/mol. The summed E-state index contributed by atoms with van der Waals surface area (Å²) in [5.41, 5.74) is 12.1. The maximum atomic E-state index is 13.5. The number of aryl methyl sites for hydroxylation is 1. The van der Waals surface area contributed by atoms with Gasteiger partial charge in [0.1, 0.15) is 6.04 Å². The van der Waals surface area contributed by atoms with Crippen LogP contribution in [-0.2, 0) is 43.2 Å². The van der Waals surface area contributed by atoms with Crippen molar-refractivity contribution in [2.45, 2.75) is 44.7 Å². The number of hydrogen-bond donors (Lipinski definition) is 6. The Kier molecular flexibility index (Phi) is 15.2. The highest BCUT2D eigenvalue weighted by molar-refractivity contribution is 7.22. The molecule has 350 valence electrons. The van der Waals surface area contributed by atoms with Crippen LogP contribution in [0.25, 0.3) is 15.9 Å². The molecule has 0 aliphatic carbocycles. The van der Waals surface area contributed by atoms with E-state index in [2.05, 4.69) is 37.8 Å². The molecule has 0 saturated carbocycles. The van der Waals surface area contributed by atoms with Crippen molar-refractivity contribution in [3.8, 4) is 0 Å². The van der Waals surface area contributed by atoms with Crippen LogP contribution in [0.3, 0.4) is 0 Å². The van der Waals surface area contributed by atoms with Gasteiger partial charge >= 0.3 is 5.97 Å². The second kappa shape index (κ2) is 21.7. The number of thiazole rings is 2. The third kappa shape index (κ3) is 11.1. The molecule has 67 heavy (non-hydrogen) atoms. The maximum Gasteiger partial charge on any atom is 0.355 e. The lowest BCUT2D eigenvalue weighted by molar-refractivity contribution is -0.136. The summed E-state index contributed by atoms with van der Waals surface area (Å²) in [6.07, 6.45) is 3.93. The largest absolute Gasteiger partial charge is 0.476 e. The van der Waals surface area contributed by atoms with Crippen LogP contribution in [0.4, 0.5) is 16.0 Å². The van der Waals surface area contributed by atoms with E-state index in [4.69, 9.17) is 19.9 Å². The fraction of sp³-hybridized carbons (Fsp3) is 0.340. The number of amides is 4. The minimum Gasteiger partial charge on any atom is -0.476 e. The number of rotatable bonds is 22. The Morgan fingerprint density at radius 2 is 1.73 bits per heavy atom. The lowest BCUT2D eigenvalue weighted by Crippen LogP contribution is -2.52. The molecule has 0 bridgehead atoms. The number of carbonyl (C=O) groups excluding carboxylic acids is 4. The summed E-state index contributed by atoms with van der Waals surface area (Å²) < 4.78 is 17.9. The van der Waals surface area contributed by atoms with E-state index in [1.807, 2.05) is 53.4 Å². The molecular formula is C47H51N9O9S2. The molecule has 20 heteroatoms. The number of hydrogen-bond acceptors (Lipinski definition) is 16. The predicted octanol–water partition coefficient (Wildman–Crippen LogP) is 4.98. The van der Waals surface area contributed by atoms with Gasteiger partial charge in [0.2, 0.25) is 11.8 Å². The van der Waals surface area contributed by atoms with E-state index in [0.717, 1.165) is 21.3 Å². The molecule has 3 aliphatic rings. The Labute approximate surface area is 394 Å². The number of benzene rings is 3. The molecule has 5 heterocycles. The number of carbonyl (C=O) groups is 5. The molecule has 2 aromatic heterocycles. The van der Waals surface area contributed by atoms with E-state index in [1.165, 1.54) is 27.6 Å². The van der Waals surface area contributed by atoms with Gasteiger partial charge in [-0.1, -0.05) is 54.3 Å². The Hall–Kier alpha value is -6.71. The standard InChI is InChI=1S/C47H51N9O9S2/c1-28-31-8-5-11-35(40(31)44(60)56(28)36-14-15-39(57)52-43(36)59)50-18-20-63-21-22-64-23-24-65-27-30(48)25-49-17-6-13-38-41(45(61)62)53-47(67-38)55-19-16-29-7-4-9-32(33(29)26-55)42(58)54-46-51-34-10-2-3-12-37(34)66-46/h2-5,7-12,25,36,49-50H,1,6,13-24,26-27,48H2,(H,61,62)(H,51,54,58)(H,52,57,59)/b30-25-. The van der Waals surface area contributed by atoms with E-state index in [0.29, 0.717) is 127 Å². The number of imide groups is 1. The second-order valence-corrected chi connectivity index (χ2v) is 18.0. The molecule has 3 aliphatic heterocycles. The third-order valence-corrected chi connectivity index (χ3v) is 13.5. The van der Waals surface area contributed by atoms with Crippen LogP contribution in [0.5, 0.6) is 0 Å². The summed E-state index contributed by atoms with van der Waals surface area (Å²) in [5.74, 6) is -2.50. The number of anilines is 3. The molecule has 7 N–H and O–H groups in total. The summed E-state index contributed by atoms with van der Waals surface area (Å²) >= 11 is 2.79. The van der Waals surface area contributed by atoms with E-state index in [1.54, 1.807) is 18.3 Å². The van der Waals surface area contributed by atoms with E-state index in [9.17, 15) is 29.1 Å². The Bertz CT molecular complexity index is 2690. The first kappa shape index (κ1) is 46.8. The lowest BCUT2D eigenvalue weighted by Gasteiger charge is -2.30. The molecule has 8 rings (SSSR count). The predicted molar refractivity (Wildman–Crippen MR) is 255 cm³/mol. The summed E-state index contributed by atoms with van der Waals surface area (Å²) in [7, 11) is 0. The van der Waals surface area contributed by atoms with E-state index in [-0.39, 0.29) is 42.9 Å². The molecule has 18 nitrogen and oxygen atoms in total. The maximum absolute atomic E-state index is 13.5. The molecule has 1 fully saturated rings. The van der Waals surface area contributed by atoms with Gasteiger partial charge < -0.3 is 40.6 Å². The van der Waals surface area contributed by atoms with Gasteiger partial charge in [-0.2, -0.15) is 0 Å². The van der Waals surface area contributed by atoms with Gasteiger partial charge in [-0.15, -0.1) is 11.3 Å². The van der Waals surface area contributed by atoms with Crippen molar-refractivity contribution in [2.24, 2.45) is 5.73 Å². The topological polar surface area (TPSA) is 240 Å². The third-order valence-electron chi connectivity index (χ3n) is 11.4. The number of ether oxygens (including phenoxy) is 3. The molecule has 1 saturated heterocycles. The fourth-order valence-electron chi connectivity index (χ4n) is 8.14. The Balaban J connectivity index is 0.697. The number of nitrogens with one attached hydrogen (secondary N) is 4. The molecule has 1 atom stereocenters. The van der Waals surface area contributed by atoms with Crippen LogP contribution in [0.1, 0.15) is 72.0 Å². The van der Waals surface area contributed by atoms with Gasteiger partial charge in [0.05, 0.1) is 61.1 Å². The van der Waals surface area contributed by atoms with E-state index < -0.39 is 17.9 Å². The van der Waals surface area contributed by atoms with Crippen molar-refractivity contribution in [1.82, 2.24) is 25.5 Å². The van der Waals surface area contributed by atoms with Crippen LogP contribution in [0.2, 0.25) is 0 Å².